The Bertz CT molecular complexity index is 552. The quantitative estimate of drug-likeness (QED) is 0.887. The highest BCUT2D eigenvalue weighted by molar-refractivity contribution is 5.57. The van der Waals surface area contributed by atoms with Gasteiger partial charge in [0.05, 0.1) is 19.9 Å². The summed E-state index contributed by atoms with van der Waals surface area (Å²) in [6, 6.07) is 14.1. The van der Waals surface area contributed by atoms with Gasteiger partial charge >= 0.3 is 0 Å². The highest BCUT2D eigenvalue weighted by Gasteiger charge is 2.03. The number of benzene rings is 2. The molecule has 0 heterocycles. The van der Waals surface area contributed by atoms with Crippen LogP contribution < -0.4 is 14.8 Å². The maximum Gasteiger partial charge on any atom is 0.142 e. The van der Waals surface area contributed by atoms with Gasteiger partial charge in [-0.05, 0) is 42.3 Å². The molecule has 0 saturated carbocycles. The number of methoxy groups -OCH3 is 2. The highest BCUT2D eigenvalue weighted by Crippen LogP contribution is 2.26. The second-order valence-electron chi connectivity index (χ2n) is 4.41. The van der Waals surface area contributed by atoms with Crippen LogP contribution in [0, 0.1) is 6.92 Å². The van der Waals surface area contributed by atoms with Gasteiger partial charge in [0.25, 0.3) is 0 Å². The van der Waals surface area contributed by atoms with Crippen molar-refractivity contribution in [3.8, 4) is 11.5 Å². The molecule has 0 saturated heterocycles. The summed E-state index contributed by atoms with van der Waals surface area (Å²) in [6.45, 7) is 2.78. The molecule has 2 aromatic carbocycles. The lowest BCUT2D eigenvalue weighted by Crippen LogP contribution is -2.01. The molecule has 0 amide bonds. The lowest BCUT2D eigenvalue weighted by molar-refractivity contribution is 0.414. The summed E-state index contributed by atoms with van der Waals surface area (Å²) in [5.41, 5.74) is 3.35. The number of aryl methyl sites for hydroxylation is 1. The van der Waals surface area contributed by atoms with Gasteiger partial charge in [0.2, 0.25) is 0 Å². The Morgan fingerprint density at radius 2 is 1.84 bits per heavy atom. The molecule has 0 aliphatic heterocycles. The molecule has 0 aliphatic carbocycles. The summed E-state index contributed by atoms with van der Waals surface area (Å²) in [4.78, 5) is 0. The van der Waals surface area contributed by atoms with Crippen LogP contribution in [0.25, 0.3) is 0 Å². The molecule has 0 spiro atoms. The fraction of sp³-hybridized carbons (Fsp3) is 0.250. The third-order valence-corrected chi connectivity index (χ3v) is 2.97. The van der Waals surface area contributed by atoms with Crippen molar-refractivity contribution in [2.75, 3.05) is 19.5 Å². The number of rotatable bonds is 5. The predicted octanol–water partition coefficient (Wildman–Crippen LogP) is 3.62. The SMILES string of the molecule is COc1cccc(CNc2ccc(C)cc2OC)c1. The molecule has 0 unspecified atom stereocenters. The normalized spacial score (nSPS) is 10.1. The lowest BCUT2D eigenvalue weighted by atomic mass is 10.2. The summed E-state index contributed by atoms with van der Waals surface area (Å²) in [6.07, 6.45) is 0. The third-order valence-electron chi connectivity index (χ3n) is 2.97. The number of hydrogen-bond donors (Lipinski definition) is 1. The van der Waals surface area contributed by atoms with Gasteiger partial charge in [0, 0.05) is 6.54 Å². The molecular weight excluding hydrogens is 238 g/mol. The van der Waals surface area contributed by atoms with E-state index in [4.69, 9.17) is 9.47 Å². The summed E-state index contributed by atoms with van der Waals surface area (Å²) in [5.74, 6) is 1.73. The van der Waals surface area contributed by atoms with Gasteiger partial charge in [-0.15, -0.1) is 0 Å². The minimum Gasteiger partial charge on any atom is -0.497 e. The van der Waals surface area contributed by atoms with Gasteiger partial charge in [-0.25, -0.2) is 0 Å². The first-order valence-corrected chi connectivity index (χ1v) is 6.24. The topological polar surface area (TPSA) is 30.5 Å². The van der Waals surface area contributed by atoms with Crippen LogP contribution in [-0.4, -0.2) is 14.2 Å². The van der Waals surface area contributed by atoms with Gasteiger partial charge in [0.1, 0.15) is 11.5 Å². The summed E-state index contributed by atoms with van der Waals surface area (Å²) in [5, 5.41) is 3.38. The molecule has 3 heteroatoms. The summed E-state index contributed by atoms with van der Waals surface area (Å²) < 4.78 is 10.6. The molecule has 0 fully saturated rings. The van der Waals surface area contributed by atoms with E-state index in [1.807, 2.05) is 37.3 Å². The molecule has 19 heavy (non-hydrogen) atoms. The zero-order valence-electron chi connectivity index (χ0n) is 11.6. The van der Waals surface area contributed by atoms with Crippen molar-refractivity contribution >= 4 is 5.69 Å². The van der Waals surface area contributed by atoms with Crippen molar-refractivity contribution in [2.45, 2.75) is 13.5 Å². The Kier molecular flexibility index (Phi) is 4.29. The van der Waals surface area contributed by atoms with E-state index in [1.165, 1.54) is 11.1 Å². The van der Waals surface area contributed by atoms with Crippen LogP contribution in [-0.2, 0) is 6.54 Å². The van der Waals surface area contributed by atoms with E-state index in [0.29, 0.717) is 0 Å². The van der Waals surface area contributed by atoms with Crippen LogP contribution in [0.1, 0.15) is 11.1 Å². The van der Waals surface area contributed by atoms with Crippen LogP contribution in [0.4, 0.5) is 5.69 Å². The van der Waals surface area contributed by atoms with Crippen molar-refractivity contribution in [1.82, 2.24) is 0 Å². The van der Waals surface area contributed by atoms with E-state index in [2.05, 4.69) is 17.4 Å². The van der Waals surface area contributed by atoms with Crippen LogP contribution in [0.2, 0.25) is 0 Å². The molecule has 2 rings (SSSR count). The number of ether oxygens (including phenoxy) is 2. The second-order valence-corrected chi connectivity index (χ2v) is 4.41. The smallest absolute Gasteiger partial charge is 0.142 e. The summed E-state index contributed by atoms with van der Waals surface area (Å²) >= 11 is 0. The van der Waals surface area contributed by atoms with E-state index >= 15 is 0 Å². The highest BCUT2D eigenvalue weighted by atomic mass is 16.5. The molecule has 0 radical (unpaired) electrons. The van der Waals surface area contributed by atoms with E-state index in [1.54, 1.807) is 14.2 Å². The van der Waals surface area contributed by atoms with Crippen LogP contribution in [0.3, 0.4) is 0 Å². The maximum atomic E-state index is 5.37. The Morgan fingerprint density at radius 1 is 1.00 bits per heavy atom. The molecule has 0 aliphatic rings. The first-order valence-electron chi connectivity index (χ1n) is 6.24. The zero-order chi connectivity index (χ0) is 13.7. The van der Waals surface area contributed by atoms with Crippen LogP contribution >= 0.6 is 0 Å². The van der Waals surface area contributed by atoms with E-state index in [0.717, 1.165) is 23.7 Å². The number of nitrogens with one attached hydrogen (secondary N) is 1. The van der Waals surface area contributed by atoms with Crippen molar-refractivity contribution in [1.29, 1.82) is 0 Å². The Balaban J connectivity index is 2.09. The lowest BCUT2D eigenvalue weighted by Gasteiger charge is -2.12. The van der Waals surface area contributed by atoms with Gasteiger partial charge in [-0.3, -0.25) is 0 Å². The minimum atomic E-state index is 0.733. The molecular formula is C16H19NO2. The van der Waals surface area contributed by atoms with Gasteiger partial charge in [-0.1, -0.05) is 18.2 Å². The Labute approximate surface area is 114 Å². The zero-order valence-corrected chi connectivity index (χ0v) is 11.6. The Morgan fingerprint density at radius 3 is 2.58 bits per heavy atom. The second kappa shape index (κ2) is 6.14. The van der Waals surface area contributed by atoms with Crippen LogP contribution in [0.5, 0.6) is 11.5 Å². The molecule has 2 aromatic rings. The van der Waals surface area contributed by atoms with Crippen LogP contribution in [0.15, 0.2) is 42.5 Å². The molecule has 0 aromatic heterocycles. The van der Waals surface area contributed by atoms with Gasteiger partial charge < -0.3 is 14.8 Å². The van der Waals surface area contributed by atoms with E-state index in [-0.39, 0.29) is 0 Å². The monoisotopic (exact) mass is 257 g/mol. The van der Waals surface area contributed by atoms with E-state index < -0.39 is 0 Å². The van der Waals surface area contributed by atoms with Gasteiger partial charge in [-0.2, -0.15) is 0 Å². The third kappa shape index (κ3) is 3.41. The minimum absolute atomic E-state index is 0.733. The summed E-state index contributed by atoms with van der Waals surface area (Å²) in [7, 11) is 3.36. The van der Waals surface area contributed by atoms with Crippen molar-refractivity contribution < 1.29 is 9.47 Å². The average molecular weight is 257 g/mol. The van der Waals surface area contributed by atoms with Gasteiger partial charge in [0.15, 0.2) is 0 Å². The first-order chi connectivity index (χ1) is 9.22. The first kappa shape index (κ1) is 13.3. The van der Waals surface area contributed by atoms with Crippen molar-refractivity contribution in [3.63, 3.8) is 0 Å². The molecule has 0 atom stereocenters. The fourth-order valence-electron chi connectivity index (χ4n) is 1.92. The molecule has 3 nitrogen and oxygen atoms in total. The number of hydrogen-bond acceptors (Lipinski definition) is 3. The molecule has 100 valence electrons. The van der Waals surface area contributed by atoms with Crippen molar-refractivity contribution in [3.05, 3.63) is 53.6 Å². The molecule has 1 N–H and O–H groups in total. The standard InChI is InChI=1S/C16H19NO2/c1-12-7-8-15(16(9-12)19-3)17-11-13-5-4-6-14(10-13)18-2/h4-10,17H,11H2,1-3H3. The van der Waals surface area contributed by atoms with Crippen molar-refractivity contribution in [2.24, 2.45) is 0 Å². The maximum absolute atomic E-state index is 5.37. The predicted molar refractivity (Wildman–Crippen MR) is 78.1 cm³/mol. The fourth-order valence-corrected chi connectivity index (χ4v) is 1.92. The largest absolute Gasteiger partial charge is 0.497 e. The number of anilines is 1. The average Bonchev–Trinajstić information content (AvgIpc) is 2.46. The van der Waals surface area contributed by atoms with E-state index in [9.17, 15) is 0 Å². The molecule has 0 bridgehead atoms. The Hall–Kier alpha value is -2.16.